The van der Waals surface area contributed by atoms with Gasteiger partial charge >= 0.3 is 0 Å². The highest BCUT2D eigenvalue weighted by Gasteiger charge is 2.36. The Hall–Kier alpha value is -1.69. The fourth-order valence-electron chi connectivity index (χ4n) is 1.74. The number of hydrogen-bond acceptors (Lipinski definition) is 3. The summed E-state index contributed by atoms with van der Waals surface area (Å²) in [5.41, 5.74) is 0.444. The molecule has 1 aliphatic rings. The molecule has 0 spiro atoms. The molecule has 0 aliphatic carbocycles. The number of amides is 3. The maximum Gasteiger partial charge on any atom is 0.252 e. The molecule has 1 aromatic carbocycles. The van der Waals surface area contributed by atoms with E-state index in [1.54, 1.807) is 24.3 Å². The molecule has 0 aromatic heterocycles. The van der Waals surface area contributed by atoms with Gasteiger partial charge < -0.3 is 5.32 Å². The van der Waals surface area contributed by atoms with Crippen molar-refractivity contribution in [2.75, 3.05) is 7.05 Å². The van der Waals surface area contributed by atoms with Crippen molar-refractivity contribution in [3.8, 4) is 0 Å². The van der Waals surface area contributed by atoms with Crippen LogP contribution in [0.15, 0.2) is 28.7 Å². The molecule has 2 rings (SSSR count). The van der Waals surface area contributed by atoms with Gasteiger partial charge in [0.15, 0.2) is 0 Å². The number of likely N-dealkylation sites (tertiary alicyclic amines) is 1. The van der Waals surface area contributed by atoms with Gasteiger partial charge in [-0.3, -0.25) is 19.3 Å². The summed E-state index contributed by atoms with van der Waals surface area (Å²) in [6.07, 6.45) is 0.0229. The third-order valence-corrected chi connectivity index (χ3v) is 3.27. The van der Waals surface area contributed by atoms with Crippen LogP contribution in [0.5, 0.6) is 0 Å². The number of halogens is 1. The lowest BCUT2D eigenvalue weighted by molar-refractivity contribution is -0.137. The van der Waals surface area contributed by atoms with Crippen molar-refractivity contribution in [2.45, 2.75) is 12.5 Å². The minimum Gasteiger partial charge on any atom is -0.340 e. The molecule has 6 heteroatoms. The normalized spacial score (nSPS) is 19.2. The lowest BCUT2D eigenvalue weighted by Gasteiger charge is -2.11. The van der Waals surface area contributed by atoms with E-state index in [0.29, 0.717) is 5.56 Å². The first-order valence-corrected chi connectivity index (χ1v) is 6.15. The largest absolute Gasteiger partial charge is 0.340 e. The van der Waals surface area contributed by atoms with Crippen LogP contribution in [-0.2, 0) is 9.59 Å². The smallest absolute Gasteiger partial charge is 0.252 e. The van der Waals surface area contributed by atoms with Crippen LogP contribution in [0.25, 0.3) is 0 Å². The Morgan fingerprint density at radius 2 is 2.17 bits per heavy atom. The number of likely N-dealkylation sites (N-methyl/N-ethyl adjacent to an activating group) is 1. The van der Waals surface area contributed by atoms with Crippen molar-refractivity contribution in [1.82, 2.24) is 10.2 Å². The number of benzene rings is 1. The molecule has 1 aromatic rings. The summed E-state index contributed by atoms with van der Waals surface area (Å²) in [5.74, 6) is -1.01. The fourth-order valence-corrected chi connectivity index (χ4v) is 2.14. The molecule has 0 saturated carbocycles. The minimum atomic E-state index is -0.756. The Bertz CT molecular complexity index is 530. The lowest BCUT2D eigenvalue weighted by Crippen LogP contribution is -2.40. The van der Waals surface area contributed by atoms with Crippen LogP contribution in [0.2, 0.25) is 0 Å². The number of carbonyl (C=O) groups excluding carboxylic acids is 3. The highest BCUT2D eigenvalue weighted by Crippen LogP contribution is 2.14. The minimum absolute atomic E-state index is 0.0229. The predicted octanol–water partition coefficient (Wildman–Crippen LogP) is 0.936. The fraction of sp³-hybridized carbons (Fsp3) is 0.250. The van der Waals surface area contributed by atoms with Gasteiger partial charge in [-0.15, -0.1) is 0 Å². The van der Waals surface area contributed by atoms with Crippen LogP contribution >= 0.6 is 15.9 Å². The molecule has 1 unspecified atom stereocenters. The van der Waals surface area contributed by atoms with Gasteiger partial charge in [-0.25, -0.2) is 0 Å². The van der Waals surface area contributed by atoms with E-state index in [9.17, 15) is 14.4 Å². The zero-order valence-electron chi connectivity index (χ0n) is 9.64. The van der Waals surface area contributed by atoms with Crippen LogP contribution in [0, 0.1) is 0 Å². The summed E-state index contributed by atoms with van der Waals surface area (Å²) in [6.45, 7) is 0. The van der Waals surface area contributed by atoms with Gasteiger partial charge in [-0.05, 0) is 18.2 Å². The van der Waals surface area contributed by atoms with Gasteiger partial charge in [-0.1, -0.05) is 22.0 Å². The highest BCUT2D eigenvalue weighted by atomic mass is 79.9. The third kappa shape index (κ3) is 2.43. The molecule has 1 heterocycles. The summed E-state index contributed by atoms with van der Waals surface area (Å²) < 4.78 is 0.779. The molecular weight excluding hydrogens is 300 g/mol. The van der Waals surface area contributed by atoms with Crippen molar-refractivity contribution in [3.63, 3.8) is 0 Å². The van der Waals surface area contributed by atoms with E-state index in [2.05, 4.69) is 21.2 Å². The molecule has 3 amide bonds. The van der Waals surface area contributed by atoms with E-state index >= 15 is 0 Å². The van der Waals surface area contributed by atoms with Crippen molar-refractivity contribution in [2.24, 2.45) is 0 Å². The first-order chi connectivity index (χ1) is 8.49. The summed E-state index contributed by atoms with van der Waals surface area (Å²) in [4.78, 5) is 35.9. The number of nitrogens with zero attached hydrogens (tertiary/aromatic N) is 1. The Kier molecular flexibility index (Phi) is 3.47. The second kappa shape index (κ2) is 4.89. The molecule has 0 radical (unpaired) electrons. The number of rotatable bonds is 2. The topological polar surface area (TPSA) is 66.5 Å². The average molecular weight is 311 g/mol. The summed E-state index contributed by atoms with van der Waals surface area (Å²) >= 11 is 3.26. The summed E-state index contributed by atoms with van der Waals surface area (Å²) in [5, 5.41) is 2.56. The van der Waals surface area contributed by atoms with Crippen molar-refractivity contribution < 1.29 is 14.4 Å². The zero-order valence-corrected chi connectivity index (χ0v) is 11.2. The molecule has 5 nitrogen and oxygen atoms in total. The number of nitrogens with one attached hydrogen (secondary N) is 1. The Balaban J connectivity index is 2.09. The maximum absolute atomic E-state index is 11.9. The first-order valence-electron chi connectivity index (χ1n) is 5.36. The Labute approximate surface area is 112 Å². The van der Waals surface area contributed by atoms with E-state index in [-0.39, 0.29) is 24.1 Å². The van der Waals surface area contributed by atoms with Gasteiger partial charge in [0.05, 0.1) is 6.42 Å². The number of imide groups is 1. The van der Waals surface area contributed by atoms with E-state index in [1.165, 1.54) is 7.05 Å². The first kappa shape index (κ1) is 12.8. The molecule has 1 N–H and O–H groups in total. The molecular formula is C12H11BrN2O3. The molecule has 1 fully saturated rings. The number of hydrogen-bond donors (Lipinski definition) is 1. The highest BCUT2D eigenvalue weighted by molar-refractivity contribution is 9.10. The van der Waals surface area contributed by atoms with Crippen LogP contribution < -0.4 is 5.32 Å². The van der Waals surface area contributed by atoms with Crippen molar-refractivity contribution in [3.05, 3.63) is 34.3 Å². The monoisotopic (exact) mass is 310 g/mol. The van der Waals surface area contributed by atoms with E-state index < -0.39 is 6.04 Å². The van der Waals surface area contributed by atoms with Crippen molar-refractivity contribution in [1.29, 1.82) is 0 Å². The van der Waals surface area contributed by atoms with Crippen molar-refractivity contribution >= 4 is 33.7 Å². The Morgan fingerprint density at radius 3 is 2.72 bits per heavy atom. The SMILES string of the molecule is CN1C(=O)CC(NC(=O)c2cccc(Br)c2)C1=O. The quantitative estimate of drug-likeness (QED) is 0.827. The molecule has 1 aliphatic heterocycles. The second-order valence-corrected chi connectivity index (χ2v) is 4.95. The Morgan fingerprint density at radius 1 is 1.44 bits per heavy atom. The lowest BCUT2D eigenvalue weighted by atomic mass is 10.2. The maximum atomic E-state index is 11.9. The third-order valence-electron chi connectivity index (χ3n) is 2.77. The molecule has 0 bridgehead atoms. The van der Waals surface area contributed by atoms with Crippen LogP contribution in [0.3, 0.4) is 0 Å². The number of carbonyl (C=O) groups is 3. The summed E-state index contributed by atoms with van der Waals surface area (Å²) in [6, 6.07) is 6.07. The summed E-state index contributed by atoms with van der Waals surface area (Å²) in [7, 11) is 1.41. The van der Waals surface area contributed by atoms with Crippen LogP contribution in [-0.4, -0.2) is 35.7 Å². The predicted molar refractivity (Wildman–Crippen MR) is 67.8 cm³/mol. The van der Waals surface area contributed by atoms with E-state index in [4.69, 9.17) is 0 Å². The standard InChI is InChI=1S/C12H11BrN2O3/c1-15-10(16)6-9(12(15)18)14-11(17)7-3-2-4-8(13)5-7/h2-5,9H,6H2,1H3,(H,14,17). The molecule has 1 saturated heterocycles. The molecule has 1 atom stereocenters. The van der Waals surface area contributed by atoms with E-state index in [0.717, 1.165) is 9.37 Å². The van der Waals surface area contributed by atoms with E-state index in [1.807, 2.05) is 0 Å². The van der Waals surface area contributed by atoms with Gasteiger partial charge in [-0.2, -0.15) is 0 Å². The molecule has 18 heavy (non-hydrogen) atoms. The van der Waals surface area contributed by atoms with Gasteiger partial charge in [0.1, 0.15) is 6.04 Å². The zero-order chi connectivity index (χ0) is 13.3. The van der Waals surface area contributed by atoms with Gasteiger partial charge in [0.25, 0.3) is 11.8 Å². The average Bonchev–Trinajstić information content (AvgIpc) is 2.57. The van der Waals surface area contributed by atoms with Crippen LogP contribution in [0.4, 0.5) is 0 Å². The molecule has 94 valence electrons. The van der Waals surface area contributed by atoms with Gasteiger partial charge in [0.2, 0.25) is 5.91 Å². The van der Waals surface area contributed by atoms with Gasteiger partial charge in [0, 0.05) is 17.1 Å². The van der Waals surface area contributed by atoms with Crippen LogP contribution in [0.1, 0.15) is 16.8 Å². The second-order valence-electron chi connectivity index (χ2n) is 4.03.